The average molecular weight is 348 g/mol. The predicted octanol–water partition coefficient (Wildman–Crippen LogP) is 1.58. The first-order chi connectivity index (χ1) is 11.6. The summed E-state index contributed by atoms with van der Waals surface area (Å²) in [7, 11) is 0. The molecule has 1 aliphatic rings. The Bertz CT molecular complexity index is 804. The van der Waals surface area contributed by atoms with E-state index in [0.29, 0.717) is 23.9 Å². The molecule has 0 radical (unpaired) electrons. The number of carbonyl (C=O) groups is 1. The number of rotatable bonds is 6. The van der Waals surface area contributed by atoms with Crippen LogP contribution in [0.15, 0.2) is 35.1 Å². The molecule has 2 aromatic rings. The molecule has 0 aliphatic heterocycles. The molecule has 0 spiro atoms. The Morgan fingerprint density at radius 2 is 2.21 bits per heavy atom. The van der Waals surface area contributed by atoms with Gasteiger partial charge in [-0.15, -0.1) is 0 Å². The van der Waals surface area contributed by atoms with Gasteiger partial charge in [-0.2, -0.15) is 5.10 Å². The van der Waals surface area contributed by atoms with E-state index in [0.717, 1.165) is 30.5 Å². The van der Waals surface area contributed by atoms with Crippen molar-refractivity contribution < 1.29 is 9.53 Å². The number of hydrogen-bond donors (Lipinski definition) is 1. The molecule has 0 atom stereocenters. The molecule has 1 heterocycles. The molecule has 3 rings (SSSR count). The van der Waals surface area contributed by atoms with Gasteiger partial charge in [0.2, 0.25) is 0 Å². The van der Waals surface area contributed by atoms with E-state index >= 15 is 0 Å². The fourth-order valence-corrected chi connectivity index (χ4v) is 2.84. The Balaban J connectivity index is 1.46. The summed E-state index contributed by atoms with van der Waals surface area (Å²) in [5, 5.41) is 7.63. The molecule has 126 valence electrons. The van der Waals surface area contributed by atoms with Crippen LogP contribution >= 0.6 is 11.6 Å². The first-order valence-corrected chi connectivity index (χ1v) is 8.24. The van der Waals surface area contributed by atoms with E-state index in [4.69, 9.17) is 16.3 Å². The van der Waals surface area contributed by atoms with Crippen molar-refractivity contribution in [2.45, 2.75) is 25.8 Å². The topological polar surface area (TPSA) is 73.2 Å². The highest BCUT2D eigenvalue weighted by Crippen LogP contribution is 2.17. The minimum absolute atomic E-state index is 0.104. The van der Waals surface area contributed by atoms with Gasteiger partial charge < -0.3 is 10.1 Å². The van der Waals surface area contributed by atoms with Gasteiger partial charge in [-0.3, -0.25) is 9.59 Å². The van der Waals surface area contributed by atoms with Crippen LogP contribution in [-0.4, -0.2) is 28.8 Å². The van der Waals surface area contributed by atoms with Crippen LogP contribution in [0.5, 0.6) is 5.75 Å². The Kier molecular flexibility index (Phi) is 5.15. The zero-order valence-corrected chi connectivity index (χ0v) is 13.9. The highest BCUT2D eigenvalue weighted by atomic mass is 35.5. The lowest BCUT2D eigenvalue weighted by Gasteiger charge is -2.09. The summed E-state index contributed by atoms with van der Waals surface area (Å²) in [5.74, 6) is 0.276. The smallest absolute Gasteiger partial charge is 0.267 e. The van der Waals surface area contributed by atoms with Gasteiger partial charge in [-0.05, 0) is 43.0 Å². The predicted molar refractivity (Wildman–Crippen MR) is 90.5 cm³/mol. The van der Waals surface area contributed by atoms with Crippen LogP contribution < -0.4 is 15.6 Å². The second-order valence-electron chi connectivity index (χ2n) is 5.63. The largest absolute Gasteiger partial charge is 0.484 e. The minimum atomic E-state index is -0.260. The molecule has 0 saturated carbocycles. The molecule has 7 heteroatoms. The average Bonchev–Trinajstić information content (AvgIpc) is 3.00. The summed E-state index contributed by atoms with van der Waals surface area (Å²) in [5.41, 5.74) is 1.92. The van der Waals surface area contributed by atoms with Crippen LogP contribution in [0.3, 0.4) is 0 Å². The fraction of sp³-hybridized carbons (Fsp3) is 0.353. The third kappa shape index (κ3) is 4.14. The fourth-order valence-electron chi connectivity index (χ4n) is 2.66. The summed E-state index contributed by atoms with van der Waals surface area (Å²) in [6.07, 6.45) is 2.88. The summed E-state index contributed by atoms with van der Waals surface area (Å²) in [4.78, 5) is 23.7. The Labute approximate surface area is 144 Å². The van der Waals surface area contributed by atoms with Gasteiger partial charge in [0.25, 0.3) is 11.5 Å². The van der Waals surface area contributed by atoms with E-state index in [-0.39, 0.29) is 18.1 Å². The van der Waals surface area contributed by atoms with Gasteiger partial charge in [0.1, 0.15) is 5.75 Å². The molecule has 1 amide bonds. The zero-order chi connectivity index (χ0) is 16.9. The van der Waals surface area contributed by atoms with Crippen molar-refractivity contribution in [1.29, 1.82) is 0 Å². The Morgan fingerprint density at radius 3 is 3.04 bits per heavy atom. The highest BCUT2D eigenvalue weighted by Gasteiger charge is 2.14. The molecule has 0 bridgehead atoms. The van der Waals surface area contributed by atoms with E-state index < -0.39 is 0 Å². The van der Waals surface area contributed by atoms with Gasteiger partial charge >= 0.3 is 0 Å². The van der Waals surface area contributed by atoms with Crippen molar-refractivity contribution in [1.82, 2.24) is 15.1 Å². The maximum Gasteiger partial charge on any atom is 0.267 e. The lowest BCUT2D eigenvalue weighted by Crippen LogP contribution is -2.34. The van der Waals surface area contributed by atoms with Crippen LogP contribution in [0.4, 0.5) is 0 Å². The first kappa shape index (κ1) is 16.5. The van der Waals surface area contributed by atoms with E-state index in [1.54, 1.807) is 30.3 Å². The van der Waals surface area contributed by atoms with Crippen LogP contribution in [0.1, 0.15) is 17.7 Å². The molecule has 1 aliphatic carbocycles. The number of halogens is 1. The minimum Gasteiger partial charge on any atom is -0.484 e. The number of nitrogens with zero attached hydrogens (tertiary/aromatic N) is 2. The van der Waals surface area contributed by atoms with E-state index in [9.17, 15) is 9.59 Å². The van der Waals surface area contributed by atoms with Crippen molar-refractivity contribution >= 4 is 17.5 Å². The van der Waals surface area contributed by atoms with E-state index in [1.807, 2.05) is 0 Å². The van der Waals surface area contributed by atoms with Crippen molar-refractivity contribution in [3.8, 4) is 5.75 Å². The SMILES string of the molecule is O=C(COc1cccc(Cl)c1)NCCn1nc2c(cc1=O)CCC2. The van der Waals surface area contributed by atoms with Crippen molar-refractivity contribution in [3.63, 3.8) is 0 Å². The number of aromatic nitrogens is 2. The van der Waals surface area contributed by atoms with Gasteiger partial charge in [-0.25, -0.2) is 4.68 Å². The molecule has 1 aromatic carbocycles. The molecule has 0 fully saturated rings. The van der Waals surface area contributed by atoms with E-state index in [2.05, 4.69) is 10.4 Å². The summed E-state index contributed by atoms with van der Waals surface area (Å²) in [6.45, 7) is 0.561. The molecule has 0 saturated heterocycles. The third-order valence-corrected chi connectivity index (χ3v) is 4.07. The number of ether oxygens (including phenoxy) is 1. The molecular formula is C17H18ClN3O3. The van der Waals surface area contributed by atoms with Gasteiger partial charge in [0.05, 0.1) is 12.2 Å². The maximum atomic E-state index is 11.9. The lowest BCUT2D eigenvalue weighted by molar-refractivity contribution is -0.123. The number of nitrogens with one attached hydrogen (secondary N) is 1. The number of aryl methyl sites for hydroxylation is 2. The monoisotopic (exact) mass is 347 g/mol. The summed E-state index contributed by atoms with van der Waals surface area (Å²) < 4.78 is 6.76. The first-order valence-electron chi connectivity index (χ1n) is 7.87. The van der Waals surface area contributed by atoms with Crippen LogP contribution in [0, 0.1) is 0 Å². The third-order valence-electron chi connectivity index (χ3n) is 3.84. The summed E-state index contributed by atoms with van der Waals surface area (Å²) >= 11 is 5.85. The Morgan fingerprint density at radius 1 is 1.33 bits per heavy atom. The number of benzene rings is 1. The summed E-state index contributed by atoms with van der Waals surface area (Å²) in [6, 6.07) is 8.51. The van der Waals surface area contributed by atoms with Crippen LogP contribution in [0.2, 0.25) is 5.02 Å². The number of carbonyl (C=O) groups excluding carboxylic acids is 1. The molecule has 1 aromatic heterocycles. The van der Waals surface area contributed by atoms with Crippen LogP contribution in [0.25, 0.3) is 0 Å². The van der Waals surface area contributed by atoms with E-state index in [1.165, 1.54) is 4.68 Å². The van der Waals surface area contributed by atoms with Gasteiger partial charge in [0, 0.05) is 17.6 Å². The lowest BCUT2D eigenvalue weighted by atomic mass is 10.2. The van der Waals surface area contributed by atoms with Gasteiger partial charge in [-0.1, -0.05) is 17.7 Å². The molecule has 24 heavy (non-hydrogen) atoms. The second-order valence-corrected chi connectivity index (χ2v) is 6.06. The van der Waals surface area contributed by atoms with Crippen molar-refractivity contribution in [2.75, 3.05) is 13.2 Å². The second kappa shape index (κ2) is 7.49. The molecular weight excluding hydrogens is 330 g/mol. The number of amides is 1. The molecule has 1 N–H and O–H groups in total. The molecule has 6 nitrogen and oxygen atoms in total. The molecule has 0 unspecified atom stereocenters. The normalized spacial score (nSPS) is 12.7. The maximum absolute atomic E-state index is 11.9. The van der Waals surface area contributed by atoms with Gasteiger partial charge in [0.15, 0.2) is 6.61 Å². The quantitative estimate of drug-likeness (QED) is 0.861. The Hall–Kier alpha value is -2.34. The van der Waals surface area contributed by atoms with Crippen molar-refractivity contribution in [2.24, 2.45) is 0 Å². The number of fused-ring (bicyclic) bond motifs is 1. The van der Waals surface area contributed by atoms with Crippen molar-refractivity contribution in [3.05, 3.63) is 57.0 Å². The highest BCUT2D eigenvalue weighted by molar-refractivity contribution is 6.30. The standard InChI is InChI=1S/C17H18ClN3O3/c18-13-4-2-5-14(10-13)24-11-16(22)19-7-8-21-17(23)9-12-3-1-6-15(12)20-21/h2,4-5,9-10H,1,3,6-8,11H2,(H,19,22). The zero-order valence-electron chi connectivity index (χ0n) is 13.1. The number of hydrogen-bond acceptors (Lipinski definition) is 4. The van der Waals surface area contributed by atoms with Crippen LogP contribution in [-0.2, 0) is 24.2 Å².